The van der Waals surface area contributed by atoms with Crippen molar-refractivity contribution < 1.29 is 8.94 Å². The van der Waals surface area contributed by atoms with Gasteiger partial charge in [-0.05, 0) is 13.0 Å². The minimum atomic E-state index is 0.0107. The van der Waals surface area contributed by atoms with Crippen LogP contribution in [0.3, 0.4) is 0 Å². The second-order valence-electron chi connectivity index (χ2n) is 4.34. The van der Waals surface area contributed by atoms with Crippen molar-refractivity contribution in [2.75, 3.05) is 0 Å². The first-order chi connectivity index (χ1) is 8.74. The molecule has 0 aliphatic carbocycles. The Hall–Kier alpha value is -2.14. The highest BCUT2D eigenvalue weighted by molar-refractivity contribution is 5.91. The van der Waals surface area contributed by atoms with E-state index in [9.17, 15) is 0 Å². The van der Waals surface area contributed by atoms with Gasteiger partial charge in [-0.2, -0.15) is 4.98 Å². The highest BCUT2D eigenvalue weighted by Crippen LogP contribution is 2.29. The number of furan rings is 1. The van der Waals surface area contributed by atoms with Gasteiger partial charge in [0.25, 0.3) is 5.89 Å². The van der Waals surface area contributed by atoms with Gasteiger partial charge in [-0.3, -0.25) is 0 Å². The molecule has 0 radical (unpaired) electrons. The second-order valence-corrected chi connectivity index (χ2v) is 4.34. The third-order valence-corrected chi connectivity index (χ3v) is 2.68. The lowest BCUT2D eigenvalue weighted by molar-refractivity contribution is 0.420. The Morgan fingerprint density at radius 1 is 1.33 bits per heavy atom. The van der Waals surface area contributed by atoms with E-state index in [1.165, 1.54) is 0 Å². The largest absolute Gasteiger partial charge is 0.463 e. The zero-order chi connectivity index (χ0) is 12.5. The van der Waals surface area contributed by atoms with Crippen molar-refractivity contribution in [3.8, 4) is 11.5 Å². The number of para-hydroxylation sites is 1. The monoisotopic (exact) mass is 243 g/mol. The van der Waals surface area contributed by atoms with Gasteiger partial charge in [0.2, 0.25) is 0 Å². The van der Waals surface area contributed by atoms with Crippen LogP contribution >= 0.6 is 0 Å². The van der Waals surface area contributed by atoms with Crippen LogP contribution in [0.25, 0.3) is 22.4 Å². The summed E-state index contributed by atoms with van der Waals surface area (Å²) in [6.07, 6.45) is 2.23. The van der Waals surface area contributed by atoms with Gasteiger partial charge in [-0.15, -0.1) is 0 Å². The molecule has 18 heavy (non-hydrogen) atoms. The van der Waals surface area contributed by atoms with Gasteiger partial charge >= 0.3 is 0 Å². The molecule has 1 atom stereocenters. The third-order valence-electron chi connectivity index (χ3n) is 2.68. The summed E-state index contributed by atoms with van der Waals surface area (Å²) in [6, 6.07) is 7.74. The van der Waals surface area contributed by atoms with Crippen LogP contribution in [-0.4, -0.2) is 16.2 Å². The van der Waals surface area contributed by atoms with Gasteiger partial charge in [0.15, 0.2) is 5.82 Å². The minimum Gasteiger partial charge on any atom is -0.463 e. The predicted octanol–water partition coefficient (Wildman–Crippen LogP) is 2.37. The molecule has 5 heteroatoms. The van der Waals surface area contributed by atoms with Crippen molar-refractivity contribution in [2.45, 2.75) is 19.4 Å². The summed E-state index contributed by atoms with van der Waals surface area (Å²) in [7, 11) is 0. The van der Waals surface area contributed by atoms with Crippen molar-refractivity contribution in [2.24, 2.45) is 5.73 Å². The summed E-state index contributed by atoms with van der Waals surface area (Å²) < 4.78 is 10.7. The highest BCUT2D eigenvalue weighted by Gasteiger charge is 2.15. The Kier molecular flexibility index (Phi) is 2.60. The highest BCUT2D eigenvalue weighted by atomic mass is 16.5. The maximum absolute atomic E-state index is 5.70. The fourth-order valence-electron chi connectivity index (χ4n) is 1.88. The fraction of sp³-hybridized carbons (Fsp3) is 0.231. The predicted molar refractivity (Wildman–Crippen MR) is 66.9 cm³/mol. The second kappa shape index (κ2) is 4.27. The van der Waals surface area contributed by atoms with Crippen LogP contribution in [0.5, 0.6) is 0 Å². The molecule has 0 aliphatic heterocycles. The molecule has 0 spiro atoms. The average Bonchev–Trinajstić information content (AvgIpc) is 2.94. The van der Waals surface area contributed by atoms with E-state index < -0.39 is 0 Å². The molecule has 0 amide bonds. The van der Waals surface area contributed by atoms with Crippen LogP contribution in [0.1, 0.15) is 12.7 Å². The normalized spacial score (nSPS) is 13.0. The molecule has 5 nitrogen and oxygen atoms in total. The van der Waals surface area contributed by atoms with Crippen LogP contribution in [0.2, 0.25) is 0 Å². The molecule has 0 saturated heterocycles. The SMILES string of the molecule is CC(N)Cc1noc(-c2coc3ccccc23)n1. The van der Waals surface area contributed by atoms with Gasteiger partial charge < -0.3 is 14.7 Å². The van der Waals surface area contributed by atoms with E-state index in [1.54, 1.807) is 6.26 Å². The quantitative estimate of drug-likeness (QED) is 0.764. The van der Waals surface area contributed by atoms with Crippen molar-refractivity contribution in [3.05, 3.63) is 36.4 Å². The van der Waals surface area contributed by atoms with Crippen molar-refractivity contribution in [1.29, 1.82) is 0 Å². The van der Waals surface area contributed by atoms with Crippen LogP contribution in [0.4, 0.5) is 0 Å². The molecular weight excluding hydrogens is 230 g/mol. The minimum absolute atomic E-state index is 0.0107. The molecular formula is C13H13N3O2. The van der Waals surface area contributed by atoms with E-state index in [0.717, 1.165) is 16.5 Å². The van der Waals surface area contributed by atoms with Gasteiger partial charge in [0, 0.05) is 17.8 Å². The van der Waals surface area contributed by atoms with Crippen LogP contribution in [0.15, 0.2) is 39.5 Å². The lowest BCUT2D eigenvalue weighted by Gasteiger charge is -1.96. The standard InChI is InChI=1S/C13H13N3O2/c1-8(14)6-12-15-13(18-16-12)10-7-17-11-5-3-2-4-9(10)11/h2-5,7-8H,6,14H2,1H3. The summed E-state index contributed by atoms with van der Waals surface area (Å²) in [5.41, 5.74) is 7.32. The number of nitrogens with two attached hydrogens (primary N) is 1. The summed E-state index contributed by atoms with van der Waals surface area (Å²) in [5, 5.41) is 4.88. The molecule has 0 bridgehead atoms. The number of fused-ring (bicyclic) bond motifs is 1. The van der Waals surface area contributed by atoms with Crippen molar-refractivity contribution in [3.63, 3.8) is 0 Å². The Balaban J connectivity index is 2.01. The molecule has 2 N–H and O–H groups in total. The van der Waals surface area contributed by atoms with E-state index in [2.05, 4.69) is 10.1 Å². The molecule has 0 saturated carbocycles. The van der Waals surface area contributed by atoms with Gasteiger partial charge in [-0.1, -0.05) is 23.4 Å². The molecule has 1 unspecified atom stereocenters. The molecule has 2 heterocycles. The average molecular weight is 243 g/mol. The number of aromatic nitrogens is 2. The molecule has 92 valence electrons. The Morgan fingerprint density at radius 2 is 2.17 bits per heavy atom. The summed E-state index contributed by atoms with van der Waals surface area (Å²) >= 11 is 0. The van der Waals surface area contributed by atoms with Crippen molar-refractivity contribution in [1.82, 2.24) is 10.1 Å². The number of rotatable bonds is 3. The molecule has 2 aromatic heterocycles. The zero-order valence-electron chi connectivity index (χ0n) is 9.96. The van der Waals surface area contributed by atoms with Gasteiger partial charge in [0.1, 0.15) is 11.8 Å². The summed E-state index contributed by atoms with van der Waals surface area (Å²) in [4.78, 5) is 4.33. The lowest BCUT2D eigenvalue weighted by atomic mass is 10.2. The maximum atomic E-state index is 5.70. The number of hydrogen-bond acceptors (Lipinski definition) is 5. The summed E-state index contributed by atoms with van der Waals surface area (Å²) in [5.74, 6) is 1.08. The first-order valence-corrected chi connectivity index (χ1v) is 5.79. The van der Waals surface area contributed by atoms with E-state index in [0.29, 0.717) is 18.1 Å². The lowest BCUT2D eigenvalue weighted by Crippen LogP contribution is -2.18. The van der Waals surface area contributed by atoms with E-state index in [1.807, 2.05) is 31.2 Å². The van der Waals surface area contributed by atoms with Gasteiger partial charge in [0.05, 0.1) is 5.56 Å². The Morgan fingerprint density at radius 3 is 3.00 bits per heavy atom. The van der Waals surface area contributed by atoms with E-state index in [-0.39, 0.29) is 6.04 Å². The first-order valence-electron chi connectivity index (χ1n) is 5.79. The Labute approximate surface area is 104 Å². The summed E-state index contributed by atoms with van der Waals surface area (Å²) in [6.45, 7) is 1.91. The van der Waals surface area contributed by atoms with E-state index >= 15 is 0 Å². The number of hydrogen-bond donors (Lipinski definition) is 1. The third kappa shape index (κ3) is 1.89. The van der Waals surface area contributed by atoms with Crippen LogP contribution < -0.4 is 5.73 Å². The van der Waals surface area contributed by atoms with Crippen LogP contribution in [-0.2, 0) is 6.42 Å². The number of benzene rings is 1. The molecule has 0 aliphatic rings. The van der Waals surface area contributed by atoms with E-state index in [4.69, 9.17) is 14.7 Å². The molecule has 0 fully saturated rings. The first kappa shape index (κ1) is 11.0. The van der Waals surface area contributed by atoms with Gasteiger partial charge in [-0.25, -0.2) is 0 Å². The maximum Gasteiger partial charge on any atom is 0.261 e. The zero-order valence-corrected chi connectivity index (χ0v) is 9.96. The topological polar surface area (TPSA) is 78.1 Å². The fourth-order valence-corrected chi connectivity index (χ4v) is 1.88. The Bertz CT molecular complexity index is 669. The molecule has 3 aromatic rings. The molecule has 1 aromatic carbocycles. The number of nitrogens with zero attached hydrogens (tertiary/aromatic N) is 2. The smallest absolute Gasteiger partial charge is 0.261 e. The molecule has 3 rings (SSSR count). The van der Waals surface area contributed by atoms with Crippen LogP contribution in [0, 0.1) is 0 Å². The van der Waals surface area contributed by atoms with Crippen molar-refractivity contribution >= 4 is 11.0 Å².